The number of carbonyl (C=O) groups is 2. The normalized spacial score (nSPS) is 18.4. The van der Waals surface area contributed by atoms with E-state index in [1.807, 2.05) is 6.07 Å². The zero-order valence-electron chi connectivity index (χ0n) is 18.5. The van der Waals surface area contributed by atoms with Crippen molar-refractivity contribution < 1.29 is 9.59 Å². The minimum Gasteiger partial charge on any atom is -0.347 e. The predicted octanol–water partition coefficient (Wildman–Crippen LogP) is 1.90. The first-order valence-corrected chi connectivity index (χ1v) is 11.5. The third-order valence-corrected chi connectivity index (χ3v) is 6.40. The van der Waals surface area contributed by atoms with Gasteiger partial charge in [-0.3, -0.25) is 14.5 Å². The summed E-state index contributed by atoms with van der Waals surface area (Å²) in [4.78, 5) is 26.1. The predicted molar refractivity (Wildman–Crippen MR) is 124 cm³/mol. The van der Waals surface area contributed by atoms with E-state index in [0.29, 0.717) is 19.4 Å². The van der Waals surface area contributed by atoms with Gasteiger partial charge in [-0.2, -0.15) is 0 Å². The molecule has 2 N–H and O–H groups in total. The van der Waals surface area contributed by atoms with Gasteiger partial charge in [0.15, 0.2) is 5.82 Å². The second-order valence-corrected chi connectivity index (χ2v) is 8.65. The Labute approximate surface area is 193 Å². The summed E-state index contributed by atoms with van der Waals surface area (Å²) in [5.74, 6) is 1.49. The molecule has 0 saturated carbocycles. The molecule has 1 fully saturated rings. The zero-order valence-corrected chi connectivity index (χ0v) is 18.5. The highest BCUT2D eigenvalue weighted by Gasteiger charge is 2.27. The minimum absolute atomic E-state index is 0.0682. The van der Waals surface area contributed by atoms with Gasteiger partial charge in [-0.1, -0.05) is 54.6 Å². The number of rotatable bonds is 6. The molecular weight excluding hydrogens is 416 g/mol. The Morgan fingerprint density at radius 1 is 0.970 bits per heavy atom. The van der Waals surface area contributed by atoms with E-state index < -0.39 is 6.04 Å². The van der Waals surface area contributed by atoms with Gasteiger partial charge in [0.05, 0.1) is 6.54 Å². The fraction of sp³-hybridized carbons (Fsp3) is 0.360. The number of hydrogen-bond donors (Lipinski definition) is 2. The Hall–Kier alpha value is -3.52. The summed E-state index contributed by atoms with van der Waals surface area (Å²) in [6.07, 6.45) is 1.77. The lowest BCUT2D eigenvalue weighted by Crippen LogP contribution is -2.41. The van der Waals surface area contributed by atoms with Crippen LogP contribution in [0.25, 0.3) is 11.1 Å². The highest BCUT2D eigenvalue weighted by Crippen LogP contribution is 2.20. The first-order valence-electron chi connectivity index (χ1n) is 11.5. The number of aromatic nitrogens is 3. The summed E-state index contributed by atoms with van der Waals surface area (Å²) in [5, 5.41) is 14.2. The maximum absolute atomic E-state index is 12.3. The van der Waals surface area contributed by atoms with E-state index in [9.17, 15) is 9.59 Å². The quantitative estimate of drug-likeness (QED) is 0.606. The van der Waals surface area contributed by atoms with Crippen LogP contribution >= 0.6 is 0 Å². The van der Waals surface area contributed by atoms with Gasteiger partial charge in [0, 0.05) is 39.0 Å². The lowest BCUT2D eigenvalue weighted by molar-refractivity contribution is -0.125. The van der Waals surface area contributed by atoms with Crippen molar-refractivity contribution in [1.82, 2.24) is 30.3 Å². The summed E-state index contributed by atoms with van der Waals surface area (Å²) in [7, 11) is 0. The highest BCUT2D eigenvalue weighted by molar-refractivity contribution is 5.90. The van der Waals surface area contributed by atoms with Crippen LogP contribution in [0.3, 0.4) is 0 Å². The van der Waals surface area contributed by atoms with Crippen molar-refractivity contribution in [3.8, 4) is 11.1 Å². The summed E-state index contributed by atoms with van der Waals surface area (Å²) >= 11 is 0. The molecule has 1 unspecified atom stereocenters. The molecule has 3 heterocycles. The number of hydrogen-bond acceptors (Lipinski definition) is 5. The molecule has 5 rings (SSSR count). The summed E-state index contributed by atoms with van der Waals surface area (Å²) < 4.78 is 2.12. The smallest absolute Gasteiger partial charge is 0.242 e. The molecule has 3 aromatic rings. The van der Waals surface area contributed by atoms with Gasteiger partial charge < -0.3 is 15.2 Å². The third kappa shape index (κ3) is 4.96. The summed E-state index contributed by atoms with van der Waals surface area (Å²) in [6, 6.07) is 18.8. The minimum atomic E-state index is -0.437. The summed E-state index contributed by atoms with van der Waals surface area (Å²) in [6.45, 7) is 3.81. The SMILES string of the molecule is O=C1CCC(C(=O)NCc2nnc3n2CCN(Cc2ccc(-c4ccccc4)cc2)CC3)N1. The van der Waals surface area contributed by atoms with Crippen LogP contribution in [0.4, 0.5) is 0 Å². The monoisotopic (exact) mass is 444 g/mol. The zero-order chi connectivity index (χ0) is 22.6. The Morgan fingerprint density at radius 2 is 1.76 bits per heavy atom. The van der Waals surface area contributed by atoms with Crippen LogP contribution in [0.5, 0.6) is 0 Å². The van der Waals surface area contributed by atoms with Crippen molar-refractivity contribution in [2.24, 2.45) is 0 Å². The lowest BCUT2D eigenvalue weighted by atomic mass is 10.0. The van der Waals surface area contributed by atoms with Crippen molar-refractivity contribution in [3.05, 3.63) is 71.8 Å². The van der Waals surface area contributed by atoms with Crippen molar-refractivity contribution in [1.29, 1.82) is 0 Å². The first kappa shape index (κ1) is 21.3. The number of carbonyl (C=O) groups excluding carboxylic acids is 2. The third-order valence-electron chi connectivity index (χ3n) is 6.40. The Balaban J connectivity index is 1.16. The van der Waals surface area contributed by atoms with Crippen LogP contribution in [-0.4, -0.2) is 50.6 Å². The molecule has 0 aliphatic carbocycles. The molecule has 8 heteroatoms. The second kappa shape index (κ2) is 9.54. The molecule has 1 saturated heterocycles. The summed E-state index contributed by atoms with van der Waals surface area (Å²) in [5.41, 5.74) is 3.75. The molecule has 2 aliphatic rings. The molecule has 8 nitrogen and oxygen atoms in total. The van der Waals surface area contributed by atoms with Gasteiger partial charge in [-0.15, -0.1) is 10.2 Å². The van der Waals surface area contributed by atoms with Crippen LogP contribution < -0.4 is 10.6 Å². The van der Waals surface area contributed by atoms with E-state index in [0.717, 1.165) is 44.2 Å². The van der Waals surface area contributed by atoms with Crippen LogP contribution in [0, 0.1) is 0 Å². The standard InChI is InChI=1S/C25H28N6O2/c32-24-11-10-21(27-24)25(33)26-16-23-29-28-22-12-13-30(14-15-31(22)23)17-18-6-8-20(9-7-18)19-4-2-1-3-5-19/h1-9,21H,10-17H2,(H,26,33)(H,27,32). The largest absolute Gasteiger partial charge is 0.347 e. The molecule has 0 bridgehead atoms. The fourth-order valence-corrected chi connectivity index (χ4v) is 4.51. The maximum atomic E-state index is 12.3. The maximum Gasteiger partial charge on any atom is 0.242 e. The van der Waals surface area contributed by atoms with Gasteiger partial charge in [0.25, 0.3) is 0 Å². The van der Waals surface area contributed by atoms with Crippen molar-refractivity contribution in [2.45, 2.75) is 44.9 Å². The van der Waals surface area contributed by atoms with Gasteiger partial charge in [-0.25, -0.2) is 0 Å². The lowest BCUT2D eigenvalue weighted by Gasteiger charge is -2.20. The fourth-order valence-electron chi connectivity index (χ4n) is 4.51. The molecule has 2 aromatic carbocycles. The van der Waals surface area contributed by atoms with E-state index in [1.54, 1.807) is 0 Å². The first-order chi connectivity index (χ1) is 16.2. The number of amides is 2. The number of nitrogens with one attached hydrogen (secondary N) is 2. The van der Waals surface area contributed by atoms with Gasteiger partial charge in [-0.05, 0) is 23.1 Å². The van der Waals surface area contributed by atoms with Gasteiger partial charge in [0.1, 0.15) is 11.9 Å². The van der Waals surface area contributed by atoms with E-state index in [-0.39, 0.29) is 11.8 Å². The van der Waals surface area contributed by atoms with Crippen LogP contribution in [-0.2, 0) is 35.6 Å². The molecule has 0 spiro atoms. The Kier molecular flexibility index (Phi) is 6.17. The second-order valence-electron chi connectivity index (χ2n) is 8.65. The Morgan fingerprint density at radius 3 is 2.52 bits per heavy atom. The number of fused-ring (bicyclic) bond motifs is 1. The highest BCUT2D eigenvalue weighted by atomic mass is 16.2. The number of benzene rings is 2. The molecule has 2 aliphatic heterocycles. The van der Waals surface area contributed by atoms with Crippen LogP contribution in [0.1, 0.15) is 30.1 Å². The van der Waals surface area contributed by atoms with E-state index in [1.165, 1.54) is 16.7 Å². The molecule has 1 atom stereocenters. The van der Waals surface area contributed by atoms with Crippen LogP contribution in [0.15, 0.2) is 54.6 Å². The molecule has 33 heavy (non-hydrogen) atoms. The number of nitrogens with zero attached hydrogens (tertiary/aromatic N) is 4. The van der Waals surface area contributed by atoms with Crippen molar-refractivity contribution in [2.75, 3.05) is 13.1 Å². The van der Waals surface area contributed by atoms with E-state index in [2.05, 4.69) is 78.8 Å². The average Bonchev–Trinajstić information content (AvgIpc) is 3.40. The van der Waals surface area contributed by atoms with Crippen LogP contribution in [0.2, 0.25) is 0 Å². The van der Waals surface area contributed by atoms with E-state index in [4.69, 9.17) is 0 Å². The van der Waals surface area contributed by atoms with Crippen molar-refractivity contribution in [3.63, 3.8) is 0 Å². The average molecular weight is 445 g/mol. The molecule has 1 aromatic heterocycles. The van der Waals surface area contributed by atoms with Gasteiger partial charge in [0.2, 0.25) is 11.8 Å². The van der Waals surface area contributed by atoms with Gasteiger partial charge >= 0.3 is 0 Å². The van der Waals surface area contributed by atoms with Crippen molar-refractivity contribution >= 4 is 11.8 Å². The molecule has 2 amide bonds. The topological polar surface area (TPSA) is 92.1 Å². The Bertz CT molecular complexity index is 1130. The molecular formula is C25H28N6O2. The molecule has 170 valence electrons. The van der Waals surface area contributed by atoms with E-state index >= 15 is 0 Å². The molecule has 0 radical (unpaired) electrons.